The van der Waals surface area contributed by atoms with Crippen molar-refractivity contribution >= 4 is 5.69 Å². The molecule has 0 saturated carbocycles. The van der Waals surface area contributed by atoms with Crippen molar-refractivity contribution in [2.24, 2.45) is 5.92 Å². The third-order valence-corrected chi connectivity index (χ3v) is 5.66. The summed E-state index contributed by atoms with van der Waals surface area (Å²) in [6.45, 7) is 15.3. The number of anilines is 1. The van der Waals surface area contributed by atoms with Crippen molar-refractivity contribution in [1.29, 1.82) is 0 Å². The summed E-state index contributed by atoms with van der Waals surface area (Å²) < 4.78 is 2.04. The Balaban J connectivity index is 1.78. The second kappa shape index (κ2) is 7.74. The highest BCUT2D eigenvalue weighted by molar-refractivity contribution is 5.46. The fourth-order valence-electron chi connectivity index (χ4n) is 3.74. The zero-order valence-electron chi connectivity index (χ0n) is 16.8. The Kier molecular flexibility index (Phi) is 5.61. The number of rotatable bonds is 6. The van der Waals surface area contributed by atoms with Gasteiger partial charge in [0.1, 0.15) is 0 Å². The molecule has 2 heterocycles. The molecule has 1 aromatic heterocycles. The van der Waals surface area contributed by atoms with E-state index >= 15 is 0 Å². The number of aromatic nitrogens is 4. The van der Waals surface area contributed by atoms with Crippen LogP contribution in [0.15, 0.2) is 30.3 Å². The molecule has 0 bridgehead atoms. The minimum Gasteiger partial charge on any atom is -0.369 e. The first kappa shape index (κ1) is 18.8. The van der Waals surface area contributed by atoms with E-state index in [9.17, 15) is 0 Å². The summed E-state index contributed by atoms with van der Waals surface area (Å²) in [6.07, 6.45) is 0.998. The molecule has 0 unspecified atom stereocenters. The molecule has 2 aromatic rings. The van der Waals surface area contributed by atoms with E-state index in [2.05, 4.69) is 90.3 Å². The molecule has 0 aliphatic carbocycles. The number of nitrogens with zero attached hydrogens (tertiary/aromatic N) is 6. The predicted octanol–water partition coefficient (Wildman–Crippen LogP) is 3.34. The van der Waals surface area contributed by atoms with Gasteiger partial charge in [0.15, 0.2) is 5.82 Å². The number of hydrogen-bond donors (Lipinski definition) is 0. The van der Waals surface area contributed by atoms with Gasteiger partial charge in [-0.2, -0.15) is 0 Å². The predicted molar refractivity (Wildman–Crippen MR) is 105 cm³/mol. The monoisotopic (exact) mass is 356 g/mol. The van der Waals surface area contributed by atoms with Gasteiger partial charge in [0.25, 0.3) is 0 Å². The van der Waals surface area contributed by atoms with E-state index < -0.39 is 0 Å². The van der Waals surface area contributed by atoms with Gasteiger partial charge in [-0.05, 0) is 48.7 Å². The van der Waals surface area contributed by atoms with Crippen molar-refractivity contribution in [3.63, 3.8) is 0 Å². The van der Waals surface area contributed by atoms with Crippen molar-refractivity contribution in [1.82, 2.24) is 25.1 Å². The fraction of sp³-hybridized carbons (Fsp3) is 0.650. The Morgan fingerprint density at radius 2 is 1.69 bits per heavy atom. The molecule has 0 spiro atoms. The molecule has 1 aliphatic heterocycles. The summed E-state index contributed by atoms with van der Waals surface area (Å²) in [7, 11) is 0. The lowest BCUT2D eigenvalue weighted by Gasteiger charge is -2.41. The van der Waals surface area contributed by atoms with E-state index in [-0.39, 0.29) is 11.6 Å². The van der Waals surface area contributed by atoms with Gasteiger partial charge in [-0.15, -0.1) is 5.10 Å². The van der Waals surface area contributed by atoms with Crippen LogP contribution in [-0.4, -0.2) is 51.3 Å². The minimum absolute atomic E-state index is 0.0716. The minimum atomic E-state index is -0.0716. The first-order valence-electron chi connectivity index (χ1n) is 9.77. The SMILES string of the molecule is CCC(C)(C)n1nnnc1[C@H](C(C)C)N1CCN(c2ccccc2)CC1. The van der Waals surface area contributed by atoms with Gasteiger partial charge in [-0.3, -0.25) is 4.90 Å². The van der Waals surface area contributed by atoms with Crippen LogP contribution >= 0.6 is 0 Å². The van der Waals surface area contributed by atoms with Crippen LogP contribution in [0, 0.1) is 5.92 Å². The first-order valence-corrected chi connectivity index (χ1v) is 9.77. The van der Waals surface area contributed by atoms with E-state index in [1.54, 1.807) is 0 Å². The molecule has 142 valence electrons. The molecule has 26 heavy (non-hydrogen) atoms. The van der Waals surface area contributed by atoms with Crippen LogP contribution in [0.4, 0.5) is 5.69 Å². The van der Waals surface area contributed by atoms with E-state index in [1.807, 2.05) is 4.68 Å². The number of hydrogen-bond acceptors (Lipinski definition) is 5. The van der Waals surface area contributed by atoms with Gasteiger partial charge in [0.2, 0.25) is 0 Å². The van der Waals surface area contributed by atoms with Crippen LogP contribution in [-0.2, 0) is 5.54 Å². The largest absolute Gasteiger partial charge is 0.369 e. The summed E-state index contributed by atoms with van der Waals surface area (Å²) in [5.74, 6) is 1.45. The molecular weight excluding hydrogens is 324 g/mol. The van der Waals surface area contributed by atoms with Crippen LogP contribution in [0.25, 0.3) is 0 Å². The number of tetrazole rings is 1. The standard InChI is InChI=1S/C20H32N6/c1-6-20(4,5)26-19(21-22-23-26)18(16(2)3)25-14-12-24(13-15-25)17-10-8-7-9-11-17/h7-11,16,18H,6,12-15H2,1-5H3/t18-/m0/s1. The van der Waals surface area contributed by atoms with Gasteiger partial charge in [-0.1, -0.05) is 39.0 Å². The lowest BCUT2D eigenvalue weighted by molar-refractivity contribution is 0.126. The number of piperazine rings is 1. The summed E-state index contributed by atoms with van der Waals surface area (Å²) in [5.41, 5.74) is 1.24. The molecule has 0 amide bonds. The van der Waals surface area contributed by atoms with E-state index in [4.69, 9.17) is 0 Å². The maximum absolute atomic E-state index is 4.45. The topological polar surface area (TPSA) is 50.1 Å². The molecule has 1 aromatic carbocycles. The Bertz CT molecular complexity index is 685. The molecule has 6 heteroatoms. The maximum atomic E-state index is 4.45. The molecule has 0 radical (unpaired) electrons. The highest BCUT2D eigenvalue weighted by Gasteiger charge is 2.34. The summed E-state index contributed by atoms with van der Waals surface area (Å²) in [4.78, 5) is 5.02. The van der Waals surface area contributed by atoms with Crippen molar-refractivity contribution in [3.05, 3.63) is 36.2 Å². The van der Waals surface area contributed by atoms with Gasteiger partial charge in [0, 0.05) is 31.9 Å². The van der Waals surface area contributed by atoms with Crippen LogP contribution in [0.1, 0.15) is 52.9 Å². The summed E-state index contributed by atoms with van der Waals surface area (Å²) in [6, 6.07) is 10.9. The third-order valence-electron chi connectivity index (χ3n) is 5.66. The van der Waals surface area contributed by atoms with Crippen molar-refractivity contribution in [2.45, 2.75) is 52.6 Å². The maximum Gasteiger partial charge on any atom is 0.169 e. The van der Waals surface area contributed by atoms with E-state index in [0.717, 1.165) is 38.4 Å². The van der Waals surface area contributed by atoms with Crippen molar-refractivity contribution in [3.8, 4) is 0 Å². The smallest absolute Gasteiger partial charge is 0.169 e. The van der Waals surface area contributed by atoms with Crippen molar-refractivity contribution in [2.75, 3.05) is 31.1 Å². The zero-order valence-corrected chi connectivity index (χ0v) is 16.8. The molecule has 1 aliphatic rings. The molecule has 1 saturated heterocycles. The Morgan fingerprint density at radius 3 is 2.27 bits per heavy atom. The van der Waals surface area contributed by atoms with Gasteiger partial charge >= 0.3 is 0 Å². The second-order valence-corrected chi connectivity index (χ2v) is 8.16. The lowest BCUT2D eigenvalue weighted by atomic mass is 9.97. The zero-order chi connectivity index (χ0) is 18.7. The summed E-state index contributed by atoms with van der Waals surface area (Å²) >= 11 is 0. The number of para-hydroxylation sites is 1. The average Bonchev–Trinajstić information content (AvgIpc) is 3.13. The molecular formula is C20H32N6. The molecule has 3 rings (SSSR count). The van der Waals surface area contributed by atoms with Gasteiger partial charge < -0.3 is 4.90 Å². The molecule has 1 atom stereocenters. The highest BCUT2D eigenvalue weighted by atomic mass is 15.6. The third kappa shape index (κ3) is 3.75. The highest BCUT2D eigenvalue weighted by Crippen LogP contribution is 2.31. The quantitative estimate of drug-likeness (QED) is 0.794. The van der Waals surface area contributed by atoms with Gasteiger partial charge in [0.05, 0.1) is 11.6 Å². The van der Waals surface area contributed by atoms with E-state index in [1.165, 1.54) is 5.69 Å². The van der Waals surface area contributed by atoms with Gasteiger partial charge in [-0.25, -0.2) is 4.68 Å². The molecule has 1 fully saturated rings. The van der Waals surface area contributed by atoms with Crippen LogP contribution in [0.5, 0.6) is 0 Å². The van der Waals surface area contributed by atoms with E-state index in [0.29, 0.717) is 5.92 Å². The Morgan fingerprint density at radius 1 is 1.04 bits per heavy atom. The van der Waals surface area contributed by atoms with Crippen molar-refractivity contribution < 1.29 is 0 Å². The second-order valence-electron chi connectivity index (χ2n) is 8.16. The Labute approximate surface area is 157 Å². The molecule has 6 nitrogen and oxygen atoms in total. The summed E-state index contributed by atoms with van der Waals surface area (Å²) in [5, 5.41) is 12.8. The van der Waals surface area contributed by atoms with Crippen LogP contribution in [0.3, 0.4) is 0 Å². The fourth-order valence-corrected chi connectivity index (χ4v) is 3.74. The average molecular weight is 357 g/mol. The first-order chi connectivity index (χ1) is 12.4. The Hall–Kier alpha value is -1.95. The van der Waals surface area contributed by atoms with Crippen LogP contribution in [0.2, 0.25) is 0 Å². The normalized spacial score (nSPS) is 17.7. The molecule has 0 N–H and O–H groups in total. The van der Waals surface area contributed by atoms with Crippen LogP contribution < -0.4 is 4.90 Å². The number of benzene rings is 1. The lowest BCUT2D eigenvalue weighted by Crippen LogP contribution is -2.49.